The maximum atomic E-state index is 13.9. The van der Waals surface area contributed by atoms with Crippen LogP contribution >= 0.6 is 11.8 Å². The fourth-order valence-corrected chi connectivity index (χ4v) is 5.14. The van der Waals surface area contributed by atoms with Gasteiger partial charge in [-0.05, 0) is 37.1 Å². The van der Waals surface area contributed by atoms with Gasteiger partial charge in [-0.3, -0.25) is 0 Å². The molecule has 28 heavy (non-hydrogen) atoms. The van der Waals surface area contributed by atoms with Crippen LogP contribution in [0.2, 0.25) is 0 Å². The van der Waals surface area contributed by atoms with Gasteiger partial charge >= 0.3 is 0 Å². The molecular weight excluding hydrogens is 375 g/mol. The van der Waals surface area contributed by atoms with Crippen molar-refractivity contribution in [2.45, 2.75) is 23.9 Å². The zero-order valence-electron chi connectivity index (χ0n) is 15.7. The van der Waals surface area contributed by atoms with Gasteiger partial charge in [0.2, 0.25) is 0 Å². The Morgan fingerprint density at radius 1 is 1.25 bits per heavy atom. The third-order valence-corrected chi connectivity index (χ3v) is 6.51. The van der Waals surface area contributed by atoms with Gasteiger partial charge in [0.05, 0.1) is 6.61 Å². The maximum absolute atomic E-state index is 13.9. The van der Waals surface area contributed by atoms with Gasteiger partial charge in [0, 0.05) is 18.7 Å². The Morgan fingerprint density at radius 3 is 2.82 bits per heavy atom. The molecule has 0 aliphatic carbocycles. The summed E-state index contributed by atoms with van der Waals surface area (Å²) in [6.45, 7) is 2.76. The van der Waals surface area contributed by atoms with Gasteiger partial charge in [0.15, 0.2) is 6.23 Å². The van der Waals surface area contributed by atoms with E-state index in [1.807, 2.05) is 24.3 Å². The summed E-state index contributed by atoms with van der Waals surface area (Å²) in [6, 6.07) is 16.9. The molecule has 0 aromatic heterocycles. The molecule has 2 aromatic carbocycles. The normalized spacial score (nSPS) is 25.0. The Morgan fingerprint density at radius 2 is 2.11 bits per heavy atom. The van der Waals surface area contributed by atoms with E-state index in [4.69, 9.17) is 15.6 Å². The van der Waals surface area contributed by atoms with Crippen LogP contribution in [0.1, 0.15) is 24.0 Å². The predicted molar refractivity (Wildman–Crippen MR) is 111 cm³/mol. The Kier molecular flexibility index (Phi) is 5.96. The number of rotatable bonds is 6. The van der Waals surface area contributed by atoms with Crippen molar-refractivity contribution in [1.29, 1.82) is 0 Å². The molecule has 0 radical (unpaired) electrons. The number of nitrogens with zero attached hydrogens (tertiary/aromatic N) is 2. The van der Waals surface area contributed by atoms with Crippen molar-refractivity contribution in [3.63, 3.8) is 0 Å². The number of hydrogen-bond donors (Lipinski definition) is 2. The minimum atomic E-state index is -0.439. The molecule has 7 heteroatoms. The van der Waals surface area contributed by atoms with E-state index >= 15 is 0 Å². The zero-order chi connectivity index (χ0) is 19.4. The third-order valence-electron chi connectivity index (χ3n) is 5.03. The molecule has 0 amide bonds. The highest BCUT2D eigenvalue weighted by Crippen LogP contribution is 2.51. The number of halogens is 1. The van der Waals surface area contributed by atoms with Crippen LogP contribution in [0.3, 0.4) is 0 Å². The van der Waals surface area contributed by atoms with Crippen molar-refractivity contribution < 1.29 is 9.13 Å². The number of ether oxygens (including phenoxy) is 1. The maximum Gasteiger partial charge on any atom is 0.160 e. The van der Waals surface area contributed by atoms with Crippen LogP contribution in [0.15, 0.2) is 59.7 Å². The van der Waals surface area contributed by atoms with Crippen LogP contribution in [0.5, 0.6) is 0 Å². The molecule has 0 saturated carbocycles. The lowest BCUT2D eigenvalue weighted by Gasteiger charge is -2.42. The fraction of sp³-hybridized carbons (Fsp3) is 0.381. The summed E-state index contributed by atoms with van der Waals surface area (Å²) in [7, 11) is 0. The Hall–Kier alpha value is -1.93. The average molecular weight is 401 g/mol. The lowest BCUT2D eigenvalue weighted by atomic mass is 10.00. The van der Waals surface area contributed by atoms with Gasteiger partial charge in [-0.1, -0.05) is 54.2 Å². The Bertz CT molecular complexity index is 828. The minimum Gasteiger partial charge on any atom is -0.354 e. The first-order valence-corrected chi connectivity index (χ1v) is 10.5. The van der Waals surface area contributed by atoms with Gasteiger partial charge in [0.1, 0.15) is 15.7 Å². The molecule has 1 saturated heterocycles. The number of hydrogen-bond acceptors (Lipinski definition) is 6. The Balaban J connectivity index is 1.78. The summed E-state index contributed by atoms with van der Waals surface area (Å²) < 4.78 is 19.9. The minimum absolute atomic E-state index is 0.190. The second-order valence-corrected chi connectivity index (χ2v) is 8.20. The summed E-state index contributed by atoms with van der Waals surface area (Å²) in [4.78, 5) is -0.439. The molecule has 2 unspecified atom stereocenters. The third kappa shape index (κ3) is 3.80. The number of benzene rings is 2. The molecule has 5 nitrogen and oxygen atoms in total. The summed E-state index contributed by atoms with van der Waals surface area (Å²) in [5, 5.41) is 11.2. The van der Waals surface area contributed by atoms with Crippen molar-refractivity contribution in [2.24, 2.45) is 10.8 Å². The van der Waals surface area contributed by atoms with Gasteiger partial charge in [0.25, 0.3) is 0 Å². The molecule has 2 heterocycles. The lowest BCUT2D eigenvalue weighted by Crippen LogP contribution is -2.52. The van der Waals surface area contributed by atoms with Crippen molar-refractivity contribution in [3.8, 4) is 0 Å². The van der Waals surface area contributed by atoms with Crippen molar-refractivity contribution in [1.82, 2.24) is 10.3 Å². The van der Waals surface area contributed by atoms with E-state index in [9.17, 15) is 4.39 Å². The summed E-state index contributed by atoms with van der Waals surface area (Å²) >= 11 is 1.66. The highest BCUT2D eigenvalue weighted by molar-refractivity contribution is 8.15. The van der Waals surface area contributed by atoms with Gasteiger partial charge in [-0.25, -0.2) is 9.40 Å². The number of nitrogens with one attached hydrogen (secondary N) is 1. The van der Waals surface area contributed by atoms with Crippen molar-refractivity contribution in [3.05, 3.63) is 71.5 Å². The molecule has 0 bridgehead atoms. The molecule has 0 spiro atoms. The molecule has 2 aliphatic rings. The van der Waals surface area contributed by atoms with E-state index in [1.165, 1.54) is 12.1 Å². The smallest absolute Gasteiger partial charge is 0.160 e. The van der Waals surface area contributed by atoms with E-state index in [0.29, 0.717) is 19.7 Å². The number of thioether (sulfide) groups is 1. The number of nitrogens with two attached hydrogens (primary N) is 1. The van der Waals surface area contributed by atoms with E-state index in [0.717, 1.165) is 35.6 Å². The second kappa shape index (κ2) is 8.61. The van der Waals surface area contributed by atoms with Gasteiger partial charge < -0.3 is 15.8 Å². The molecule has 148 valence electrons. The summed E-state index contributed by atoms with van der Waals surface area (Å²) in [5.74, 6) is -0.262. The lowest BCUT2D eigenvalue weighted by molar-refractivity contribution is -0.101. The van der Waals surface area contributed by atoms with E-state index in [2.05, 4.69) is 22.5 Å². The highest BCUT2D eigenvalue weighted by atomic mass is 32.2. The first-order valence-electron chi connectivity index (χ1n) is 9.64. The van der Waals surface area contributed by atoms with Crippen molar-refractivity contribution in [2.75, 3.05) is 26.2 Å². The van der Waals surface area contributed by atoms with Gasteiger partial charge in [-0.15, -0.1) is 0 Å². The molecular formula is C21H25FN4OS. The van der Waals surface area contributed by atoms with E-state index in [1.54, 1.807) is 17.8 Å². The first-order chi connectivity index (χ1) is 13.7. The zero-order valence-corrected chi connectivity index (χ0v) is 16.5. The van der Waals surface area contributed by atoms with Crippen LogP contribution in [0.25, 0.3) is 0 Å². The molecule has 2 atom stereocenters. The average Bonchev–Trinajstić information content (AvgIpc) is 3.14. The van der Waals surface area contributed by atoms with Crippen LogP contribution in [-0.2, 0) is 9.61 Å². The summed E-state index contributed by atoms with van der Waals surface area (Å²) in [6.07, 6.45) is 1.48. The molecule has 1 fully saturated rings. The first kappa shape index (κ1) is 19.4. The van der Waals surface area contributed by atoms with Gasteiger partial charge in [-0.2, -0.15) is 5.10 Å². The fourth-order valence-electron chi connectivity index (χ4n) is 3.69. The molecule has 2 aromatic rings. The van der Waals surface area contributed by atoms with E-state index in [-0.39, 0.29) is 12.0 Å². The standard InChI is InChI=1S/C21H25FN4OS/c22-18-9-4-6-16(14-18)20-25-26(19-15-24-12-13-27-19)21(28-20,10-5-11-23)17-7-2-1-3-8-17/h1-4,6-9,14,19,24H,5,10-13,15,23H2. The quantitative estimate of drug-likeness (QED) is 0.780. The monoisotopic (exact) mass is 400 g/mol. The number of hydrazone groups is 1. The number of morpholine rings is 1. The summed E-state index contributed by atoms with van der Waals surface area (Å²) in [5.41, 5.74) is 7.81. The Labute approximate surface area is 169 Å². The predicted octanol–water partition coefficient (Wildman–Crippen LogP) is 3.07. The SMILES string of the molecule is NCCCC1(c2ccccc2)SC(c2cccc(F)c2)=NN1C1CNCCO1. The topological polar surface area (TPSA) is 62.9 Å². The van der Waals surface area contributed by atoms with Crippen molar-refractivity contribution >= 4 is 16.8 Å². The highest BCUT2D eigenvalue weighted by Gasteiger charge is 2.48. The van der Waals surface area contributed by atoms with Crippen LogP contribution < -0.4 is 11.1 Å². The molecule has 4 rings (SSSR count). The second-order valence-electron chi connectivity index (χ2n) is 6.93. The largest absolute Gasteiger partial charge is 0.354 e. The molecule has 3 N–H and O–H groups in total. The van der Waals surface area contributed by atoms with Crippen LogP contribution in [-0.4, -0.2) is 42.5 Å². The van der Waals surface area contributed by atoms with Crippen LogP contribution in [0, 0.1) is 5.82 Å². The van der Waals surface area contributed by atoms with Crippen LogP contribution in [0.4, 0.5) is 4.39 Å². The van der Waals surface area contributed by atoms with E-state index < -0.39 is 4.87 Å². The molecule has 2 aliphatic heterocycles.